The minimum Gasteiger partial charge on any atom is -0.372 e. The number of unbranched alkanes of at least 4 members (excludes halogenated alkanes) is 1. The van der Waals surface area contributed by atoms with Crippen LogP contribution in [0.5, 0.6) is 0 Å². The van der Waals surface area contributed by atoms with Crippen LogP contribution in [0.2, 0.25) is 0 Å². The Morgan fingerprint density at radius 1 is 1.06 bits per heavy atom. The molecule has 0 aliphatic rings. The second-order valence-corrected chi connectivity index (χ2v) is 5.13. The summed E-state index contributed by atoms with van der Waals surface area (Å²) >= 11 is 6.02. The molecule has 0 rings (SSSR count). The fourth-order valence-corrected chi connectivity index (χ4v) is 2.45. The number of rotatable bonds is 10. The van der Waals surface area contributed by atoms with Crippen LogP contribution < -0.4 is 0 Å². The first-order valence-corrected chi connectivity index (χ1v) is 7.13. The molecule has 0 aliphatic carbocycles. The topological polar surface area (TPSA) is 9.23 Å². The molecule has 0 heterocycles. The standard InChI is InChI=1S/C13H24ClF3O/c1-3-5-7-12(4-2,10-14)8-6-9-18-11-13(15,16)17/h3-11H2,1-2H3. The summed E-state index contributed by atoms with van der Waals surface area (Å²) in [5, 5.41) is 0. The zero-order valence-electron chi connectivity index (χ0n) is 11.3. The Hall–Kier alpha value is 0.0400. The van der Waals surface area contributed by atoms with Crippen molar-refractivity contribution >= 4 is 11.6 Å². The Morgan fingerprint density at radius 2 is 1.67 bits per heavy atom. The van der Waals surface area contributed by atoms with Crippen LogP contribution in [-0.4, -0.2) is 25.3 Å². The van der Waals surface area contributed by atoms with Crippen LogP contribution in [0.25, 0.3) is 0 Å². The first-order valence-electron chi connectivity index (χ1n) is 6.59. The van der Waals surface area contributed by atoms with Crippen LogP contribution in [0.3, 0.4) is 0 Å². The zero-order valence-corrected chi connectivity index (χ0v) is 12.0. The third-order valence-electron chi connectivity index (χ3n) is 3.36. The summed E-state index contributed by atoms with van der Waals surface area (Å²) in [4.78, 5) is 0. The Bertz CT molecular complexity index is 203. The lowest BCUT2D eigenvalue weighted by Crippen LogP contribution is -2.23. The lowest BCUT2D eigenvalue weighted by Gasteiger charge is -2.30. The van der Waals surface area contributed by atoms with Crippen LogP contribution in [0.1, 0.15) is 52.4 Å². The van der Waals surface area contributed by atoms with Gasteiger partial charge in [-0.25, -0.2) is 0 Å². The molecule has 0 amide bonds. The summed E-state index contributed by atoms with van der Waals surface area (Å²) in [5.74, 6) is 0.572. The van der Waals surface area contributed by atoms with Crippen molar-refractivity contribution < 1.29 is 17.9 Å². The molecule has 0 fully saturated rings. The van der Waals surface area contributed by atoms with Gasteiger partial charge in [0.25, 0.3) is 0 Å². The molecule has 0 bridgehead atoms. The number of alkyl halides is 4. The van der Waals surface area contributed by atoms with Gasteiger partial charge in [0.2, 0.25) is 0 Å². The first kappa shape index (κ1) is 18.0. The molecule has 0 aliphatic heterocycles. The highest BCUT2D eigenvalue weighted by Crippen LogP contribution is 2.35. The van der Waals surface area contributed by atoms with Crippen LogP contribution >= 0.6 is 11.6 Å². The monoisotopic (exact) mass is 288 g/mol. The van der Waals surface area contributed by atoms with Crippen molar-refractivity contribution in [1.29, 1.82) is 0 Å². The minimum absolute atomic E-state index is 0.0686. The smallest absolute Gasteiger partial charge is 0.372 e. The summed E-state index contributed by atoms with van der Waals surface area (Å²) in [6, 6.07) is 0. The molecule has 0 spiro atoms. The third-order valence-corrected chi connectivity index (χ3v) is 3.92. The zero-order chi connectivity index (χ0) is 14.1. The molecule has 18 heavy (non-hydrogen) atoms. The van der Waals surface area contributed by atoms with Crippen molar-refractivity contribution in [2.24, 2.45) is 5.41 Å². The van der Waals surface area contributed by atoms with Gasteiger partial charge in [0.15, 0.2) is 0 Å². The second-order valence-electron chi connectivity index (χ2n) is 4.86. The minimum atomic E-state index is -4.23. The van der Waals surface area contributed by atoms with E-state index in [-0.39, 0.29) is 12.0 Å². The highest BCUT2D eigenvalue weighted by Gasteiger charge is 2.28. The van der Waals surface area contributed by atoms with E-state index in [1.807, 2.05) is 0 Å². The molecule has 1 nitrogen and oxygen atoms in total. The molecule has 110 valence electrons. The van der Waals surface area contributed by atoms with Gasteiger partial charge < -0.3 is 4.74 Å². The Morgan fingerprint density at radius 3 is 2.11 bits per heavy atom. The summed E-state index contributed by atoms with van der Waals surface area (Å²) in [7, 11) is 0. The fraction of sp³-hybridized carbons (Fsp3) is 1.00. The molecule has 0 saturated carbocycles. The maximum absolute atomic E-state index is 11.9. The Kier molecular flexibility index (Phi) is 9.05. The van der Waals surface area contributed by atoms with E-state index in [4.69, 9.17) is 11.6 Å². The molecular formula is C13H24ClF3O. The highest BCUT2D eigenvalue weighted by atomic mass is 35.5. The van der Waals surface area contributed by atoms with E-state index in [9.17, 15) is 13.2 Å². The van der Waals surface area contributed by atoms with Crippen molar-refractivity contribution in [2.45, 2.75) is 58.5 Å². The SMILES string of the molecule is CCCCC(CC)(CCl)CCCOCC(F)(F)F. The van der Waals surface area contributed by atoms with Crippen molar-refractivity contribution in [2.75, 3.05) is 19.1 Å². The number of hydrogen-bond donors (Lipinski definition) is 0. The Balaban J connectivity index is 3.90. The van der Waals surface area contributed by atoms with Gasteiger partial charge >= 0.3 is 6.18 Å². The van der Waals surface area contributed by atoms with E-state index in [1.165, 1.54) is 0 Å². The van der Waals surface area contributed by atoms with Crippen LogP contribution in [0.4, 0.5) is 13.2 Å². The molecule has 0 saturated heterocycles. The van der Waals surface area contributed by atoms with E-state index in [0.717, 1.165) is 32.1 Å². The van der Waals surface area contributed by atoms with Gasteiger partial charge in [-0.2, -0.15) is 13.2 Å². The predicted molar refractivity (Wildman–Crippen MR) is 69.1 cm³/mol. The lowest BCUT2D eigenvalue weighted by molar-refractivity contribution is -0.174. The molecular weight excluding hydrogens is 265 g/mol. The quantitative estimate of drug-likeness (QED) is 0.398. The summed E-state index contributed by atoms with van der Waals surface area (Å²) in [6.45, 7) is 3.22. The number of halogens is 4. The van der Waals surface area contributed by atoms with Gasteiger partial charge in [-0.3, -0.25) is 0 Å². The summed E-state index contributed by atoms with van der Waals surface area (Å²) < 4.78 is 40.2. The number of ether oxygens (including phenoxy) is 1. The van der Waals surface area contributed by atoms with E-state index >= 15 is 0 Å². The molecule has 1 unspecified atom stereocenters. The third kappa shape index (κ3) is 8.20. The Labute approximate surface area is 113 Å². The average molecular weight is 289 g/mol. The van der Waals surface area contributed by atoms with Crippen LogP contribution in [0, 0.1) is 5.41 Å². The van der Waals surface area contributed by atoms with Crippen LogP contribution in [-0.2, 0) is 4.74 Å². The fourth-order valence-electron chi connectivity index (χ4n) is 2.00. The van der Waals surface area contributed by atoms with Crippen molar-refractivity contribution in [1.82, 2.24) is 0 Å². The predicted octanol–water partition coefficient (Wildman–Crippen LogP) is 5.17. The summed E-state index contributed by atoms with van der Waals surface area (Å²) in [5.41, 5.74) is 0.0686. The van der Waals surface area contributed by atoms with Crippen molar-refractivity contribution in [3.8, 4) is 0 Å². The maximum Gasteiger partial charge on any atom is 0.411 e. The van der Waals surface area contributed by atoms with E-state index in [0.29, 0.717) is 12.3 Å². The highest BCUT2D eigenvalue weighted by molar-refractivity contribution is 6.18. The molecule has 0 radical (unpaired) electrons. The van der Waals surface area contributed by atoms with Crippen molar-refractivity contribution in [3.63, 3.8) is 0 Å². The molecule has 0 aromatic heterocycles. The lowest BCUT2D eigenvalue weighted by atomic mass is 9.78. The van der Waals surface area contributed by atoms with Crippen molar-refractivity contribution in [3.05, 3.63) is 0 Å². The van der Waals surface area contributed by atoms with E-state index in [2.05, 4.69) is 18.6 Å². The maximum atomic E-state index is 11.9. The molecule has 0 aromatic rings. The second kappa shape index (κ2) is 9.03. The van der Waals surface area contributed by atoms with E-state index in [1.54, 1.807) is 0 Å². The normalized spacial score (nSPS) is 15.7. The van der Waals surface area contributed by atoms with E-state index < -0.39 is 12.8 Å². The van der Waals surface area contributed by atoms with Gasteiger partial charge in [0.1, 0.15) is 6.61 Å². The van der Waals surface area contributed by atoms with Gasteiger partial charge in [0, 0.05) is 12.5 Å². The molecule has 1 atom stereocenters. The largest absolute Gasteiger partial charge is 0.411 e. The average Bonchev–Trinajstić information content (AvgIpc) is 2.32. The molecule has 0 N–H and O–H groups in total. The van der Waals surface area contributed by atoms with Gasteiger partial charge in [-0.1, -0.05) is 26.7 Å². The first-order chi connectivity index (χ1) is 8.39. The molecule has 0 aromatic carbocycles. The van der Waals surface area contributed by atoms with Gasteiger partial charge in [-0.15, -0.1) is 11.6 Å². The number of hydrogen-bond acceptors (Lipinski definition) is 1. The van der Waals surface area contributed by atoms with Crippen LogP contribution in [0.15, 0.2) is 0 Å². The molecule has 5 heteroatoms. The van der Waals surface area contributed by atoms with Gasteiger partial charge in [0.05, 0.1) is 0 Å². The summed E-state index contributed by atoms with van der Waals surface area (Å²) in [6.07, 6.45) is 1.49. The van der Waals surface area contributed by atoms with Gasteiger partial charge in [-0.05, 0) is 31.1 Å².